The minimum absolute atomic E-state index is 0.220. The third kappa shape index (κ3) is 26.8. The van der Waals surface area contributed by atoms with Crippen LogP contribution in [0.3, 0.4) is 0 Å². The standard InChI is InChI=1S/C40H75N3O/c1-3-5-7-9-11-13-15-17-19-21-23-25-27-29-31-33-39-41-35-37-43(39)38-36-42-40(44)34-32-30-28-26-24-22-20-18-16-14-12-10-8-6-4-2/h17-20H,3-16,21-38H2,1-2H3,(H,42,44)/b19-17-,20-18-. The van der Waals surface area contributed by atoms with Crippen molar-refractivity contribution in [1.29, 1.82) is 0 Å². The molecule has 1 N–H and O–H groups in total. The Kier molecular flexibility index (Phi) is 30.2. The highest BCUT2D eigenvalue weighted by Gasteiger charge is 2.16. The Morgan fingerprint density at radius 2 is 1.05 bits per heavy atom. The van der Waals surface area contributed by atoms with Gasteiger partial charge in [-0.3, -0.25) is 9.79 Å². The maximum atomic E-state index is 12.3. The zero-order valence-electron chi connectivity index (χ0n) is 29.7. The molecule has 0 saturated heterocycles. The molecule has 4 nitrogen and oxygen atoms in total. The molecule has 44 heavy (non-hydrogen) atoms. The molecule has 0 bridgehead atoms. The molecular formula is C40H75N3O. The molecule has 0 aromatic heterocycles. The average Bonchev–Trinajstić information content (AvgIpc) is 3.48. The predicted molar refractivity (Wildman–Crippen MR) is 196 cm³/mol. The van der Waals surface area contributed by atoms with E-state index in [9.17, 15) is 4.79 Å². The third-order valence-corrected chi connectivity index (χ3v) is 9.06. The lowest BCUT2D eigenvalue weighted by atomic mass is 10.1. The Hall–Kier alpha value is -1.58. The first kappa shape index (κ1) is 40.4. The number of rotatable bonds is 33. The van der Waals surface area contributed by atoms with Crippen molar-refractivity contribution >= 4 is 11.7 Å². The molecule has 0 spiro atoms. The molecule has 0 atom stereocenters. The summed E-state index contributed by atoms with van der Waals surface area (Å²) in [6, 6.07) is 0. The van der Waals surface area contributed by atoms with Crippen molar-refractivity contribution in [2.24, 2.45) is 4.99 Å². The fourth-order valence-corrected chi connectivity index (χ4v) is 6.14. The molecule has 256 valence electrons. The Bertz CT molecular complexity index is 713. The second kappa shape index (κ2) is 32.8. The first-order valence-corrected chi connectivity index (χ1v) is 19.6. The smallest absolute Gasteiger partial charge is 0.220 e. The van der Waals surface area contributed by atoms with Crippen LogP contribution in [0.25, 0.3) is 0 Å². The lowest BCUT2D eigenvalue weighted by Gasteiger charge is -2.20. The zero-order valence-corrected chi connectivity index (χ0v) is 29.7. The maximum absolute atomic E-state index is 12.3. The summed E-state index contributed by atoms with van der Waals surface area (Å²) < 4.78 is 0. The van der Waals surface area contributed by atoms with Crippen LogP contribution in [-0.2, 0) is 4.79 Å². The van der Waals surface area contributed by atoms with Gasteiger partial charge in [0.15, 0.2) is 0 Å². The zero-order chi connectivity index (χ0) is 31.6. The van der Waals surface area contributed by atoms with Gasteiger partial charge in [-0.1, -0.05) is 141 Å². The van der Waals surface area contributed by atoms with Crippen LogP contribution in [-0.4, -0.2) is 42.8 Å². The van der Waals surface area contributed by atoms with Gasteiger partial charge >= 0.3 is 0 Å². The molecule has 0 aliphatic carbocycles. The molecule has 0 fully saturated rings. The van der Waals surface area contributed by atoms with Crippen molar-refractivity contribution in [2.45, 2.75) is 194 Å². The summed E-state index contributed by atoms with van der Waals surface area (Å²) in [5.74, 6) is 1.49. The van der Waals surface area contributed by atoms with E-state index in [-0.39, 0.29) is 5.91 Å². The summed E-state index contributed by atoms with van der Waals surface area (Å²) in [4.78, 5) is 19.4. The summed E-state index contributed by atoms with van der Waals surface area (Å²) in [6.45, 7) is 8.15. The molecule has 0 aromatic carbocycles. The van der Waals surface area contributed by atoms with Gasteiger partial charge < -0.3 is 10.2 Å². The number of unbranched alkanes of at least 4 members (excludes halogenated alkanes) is 22. The number of carbonyl (C=O) groups excluding carboxylic acids is 1. The summed E-state index contributed by atoms with van der Waals surface area (Å²) in [5, 5.41) is 3.15. The second-order valence-electron chi connectivity index (χ2n) is 13.3. The summed E-state index contributed by atoms with van der Waals surface area (Å²) >= 11 is 0. The topological polar surface area (TPSA) is 44.7 Å². The lowest BCUT2D eigenvalue weighted by molar-refractivity contribution is -0.121. The van der Waals surface area contributed by atoms with Crippen LogP contribution in [0.4, 0.5) is 0 Å². The highest BCUT2D eigenvalue weighted by molar-refractivity contribution is 5.83. The molecule has 1 amide bonds. The minimum Gasteiger partial charge on any atom is -0.357 e. The number of carbonyl (C=O) groups is 1. The van der Waals surface area contributed by atoms with Gasteiger partial charge in [0.05, 0.1) is 12.4 Å². The summed E-state index contributed by atoms with van der Waals surface area (Å²) in [6.07, 6.45) is 45.6. The van der Waals surface area contributed by atoms with Crippen LogP contribution in [0.15, 0.2) is 29.3 Å². The van der Waals surface area contributed by atoms with E-state index in [0.29, 0.717) is 6.42 Å². The fraction of sp³-hybridized carbons (Fsp3) is 0.850. The van der Waals surface area contributed by atoms with Crippen LogP contribution >= 0.6 is 0 Å². The van der Waals surface area contributed by atoms with E-state index in [0.717, 1.165) is 39.0 Å². The number of amidine groups is 1. The molecule has 4 heteroatoms. The highest BCUT2D eigenvalue weighted by atomic mass is 16.1. The van der Waals surface area contributed by atoms with Crippen LogP contribution < -0.4 is 5.32 Å². The summed E-state index contributed by atoms with van der Waals surface area (Å²) in [5.41, 5.74) is 0. The van der Waals surface area contributed by atoms with Gasteiger partial charge in [-0.2, -0.15) is 0 Å². The van der Waals surface area contributed by atoms with Gasteiger partial charge in [0.25, 0.3) is 0 Å². The van der Waals surface area contributed by atoms with E-state index in [1.54, 1.807) is 0 Å². The molecular weight excluding hydrogens is 538 g/mol. The van der Waals surface area contributed by atoms with E-state index < -0.39 is 0 Å². The van der Waals surface area contributed by atoms with E-state index in [4.69, 9.17) is 4.99 Å². The van der Waals surface area contributed by atoms with Crippen molar-refractivity contribution in [3.8, 4) is 0 Å². The third-order valence-electron chi connectivity index (χ3n) is 9.06. The number of nitrogens with one attached hydrogen (secondary N) is 1. The Labute approximate surface area is 275 Å². The first-order chi connectivity index (χ1) is 21.8. The molecule has 0 saturated carbocycles. The Balaban J connectivity index is 1.88. The van der Waals surface area contributed by atoms with Crippen LogP contribution in [0, 0.1) is 0 Å². The SMILES string of the molecule is CCCCCCCC/C=C\CCCCCCCC(=O)NCCN1CCN=C1CCCCCCC/C=C\CCCCCCCC. The number of allylic oxidation sites excluding steroid dienone is 4. The van der Waals surface area contributed by atoms with E-state index >= 15 is 0 Å². The van der Waals surface area contributed by atoms with Gasteiger partial charge in [0, 0.05) is 32.5 Å². The molecule has 0 aromatic rings. The largest absolute Gasteiger partial charge is 0.357 e. The Morgan fingerprint density at radius 1 is 0.614 bits per heavy atom. The van der Waals surface area contributed by atoms with E-state index in [2.05, 4.69) is 48.4 Å². The highest BCUT2D eigenvalue weighted by Crippen LogP contribution is 2.14. The maximum Gasteiger partial charge on any atom is 0.220 e. The molecule has 1 aliphatic heterocycles. The van der Waals surface area contributed by atoms with Gasteiger partial charge in [-0.15, -0.1) is 0 Å². The average molecular weight is 614 g/mol. The quantitative estimate of drug-likeness (QED) is 0.0591. The number of hydrogen-bond donors (Lipinski definition) is 1. The van der Waals surface area contributed by atoms with Gasteiger partial charge in [-0.05, 0) is 64.2 Å². The van der Waals surface area contributed by atoms with Crippen LogP contribution in [0.1, 0.15) is 194 Å². The molecule has 1 aliphatic rings. The summed E-state index contributed by atoms with van der Waals surface area (Å²) in [7, 11) is 0. The molecule has 0 radical (unpaired) electrons. The normalized spacial score (nSPS) is 13.5. The Morgan fingerprint density at radius 3 is 1.55 bits per heavy atom. The fourth-order valence-electron chi connectivity index (χ4n) is 6.14. The van der Waals surface area contributed by atoms with Crippen LogP contribution in [0.5, 0.6) is 0 Å². The number of nitrogens with zero attached hydrogens (tertiary/aromatic N) is 2. The van der Waals surface area contributed by atoms with Crippen molar-refractivity contribution < 1.29 is 4.79 Å². The predicted octanol–water partition coefficient (Wildman–Crippen LogP) is 11.9. The second-order valence-corrected chi connectivity index (χ2v) is 13.3. The molecule has 1 heterocycles. The van der Waals surface area contributed by atoms with Crippen molar-refractivity contribution in [3.63, 3.8) is 0 Å². The van der Waals surface area contributed by atoms with E-state index in [1.807, 2.05) is 0 Å². The van der Waals surface area contributed by atoms with Crippen molar-refractivity contribution in [2.75, 3.05) is 26.2 Å². The van der Waals surface area contributed by atoms with Crippen molar-refractivity contribution in [1.82, 2.24) is 10.2 Å². The van der Waals surface area contributed by atoms with Crippen LogP contribution in [0.2, 0.25) is 0 Å². The molecule has 1 rings (SSSR count). The van der Waals surface area contributed by atoms with Crippen molar-refractivity contribution in [3.05, 3.63) is 24.3 Å². The van der Waals surface area contributed by atoms with E-state index in [1.165, 1.54) is 166 Å². The number of hydrogen-bond acceptors (Lipinski definition) is 3. The van der Waals surface area contributed by atoms with Gasteiger partial charge in [-0.25, -0.2) is 0 Å². The monoisotopic (exact) mass is 614 g/mol. The minimum atomic E-state index is 0.220. The number of aliphatic imine (C=N–C) groups is 1. The lowest BCUT2D eigenvalue weighted by Crippen LogP contribution is -2.36. The van der Waals surface area contributed by atoms with Gasteiger partial charge in [0.2, 0.25) is 5.91 Å². The van der Waals surface area contributed by atoms with Gasteiger partial charge in [0.1, 0.15) is 0 Å². The number of amides is 1. The first-order valence-electron chi connectivity index (χ1n) is 19.6. The molecule has 0 unspecified atom stereocenters.